The number of pyridine rings is 2. The molecule has 0 unspecified atom stereocenters. The third-order valence-electron chi connectivity index (χ3n) is 4.85. The normalized spacial score (nSPS) is 12.2. The number of nitrogens with zero attached hydrogens (tertiary/aromatic N) is 3. The Bertz CT molecular complexity index is 1410. The van der Waals surface area contributed by atoms with Crippen LogP contribution in [0.15, 0.2) is 67.1 Å². The molecule has 4 heteroatoms. The molecule has 0 aliphatic rings. The Morgan fingerprint density at radius 3 is 2.71 bits per heavy atom. The molecule has 0 atom stereocenters. The fraction of sp³-hybridized carbons (Fsp3) is 0. The first kappa shape index (κ1) is 12.1. The van der Waals surface area contributed by atoms with Gasteiger partial charge in [0.05, 0.1) is 16.6 Å². The van der Waals surface area contributed by atoms with Crippen LogP contribution < -0.4 is 0 Å². The van der Waals surface area contributed by atoms with Crippen LogP contribution in [0.25, 0.3) is 49.3 Å². The molecule has 4 aromatic heterocycles. The first-order chi connectivity index (χ1) is 11.9. The van der Waals surface area contributed by atoms with Crippen molar-refractivity contribution in [3.63, 3.8) is 0 Å². The summed E-state index contributed by atoms with van der Waals surface area (Å²) < 4.78 is 2.11. The number of benzene rings is 2. The SMILES string of the molecule is c1ccc2c(c1)[nH]c1c2ccc2c1c1ncccc1n1ccnc21. The van der Waals surface area contributed by atoms with E-state index in [0.717, 1.165) is 38.5 Å². The molecule has 0 aliphatic carbocycles. The lowest BCUT2D eigenvalue weighted by atomic mass is 10.0. The number of H-pyrrole nitrogens is 1. The number of para-hydroxylation sites is 1. The van der Waals surface area contributed by atoms with Crippen LogP contribution >= 0.6 is 0 Å². The Morgan fingerprint density at radius 2 is 1.71 bits per heavy atom. The van der Waals surface area contributed by atoms with E-state index in [1.54, 1.807) is 0 Å². The van der Waals surface area contributed by atoms with Crippen LogP contribution in [0.4, 0.5) is 0 Å². The summed E-state index contributed by atoms with van der Waals surface area (Å²) in [5, 5.41) is 4.71. The standard InChI is InChI=1S/C20H12N4/c1-2-5-15-12(4-1)13-7-8-14-17(18(13)23-15)19-16(6-3-9-21-19)24-11-10-22-20(14)24/h1-11,23H. The molecule has 0 saturated carbocycles. The van der Waals surface area contributed by atoms with Crippen LogP contribution in [0.2, 0.25) is 0 Å². The summed E-state index contributed by atoms with van der Waals surface area (Å²) in [5.74, 6) is 0. The van der Waals surface area contributed by atoms with Gasteiger partial charge in [0.25, 0.3) is 0 Å². The highest BCUT2D eigenvalue weighted by Gasteiger charge is 2.15. The maximum absolute atomic E-state index is 4.69. The van der Waals surface area contributed by atoms with Crippen molar-refractivity contribution in [2.24, 2.45) is 0 Å². The molecule has 0 fully saturated rings. The molecule has 0 amide bonds. The van der Waals surface area contributed by atoms with Crippen LogP contribution in [0, 0.1) is 0 Å². The molecule has 0 bridgehead atoms. The second-order valence-corrected chi connectivity index (χ2v) is 6.07. The maximum Gasteiger partial charge on any atom is 0.145 e. The van der Waals surface area contributed by atoms with Crippen molar-refractivity contribution < 1.29 is 0 Å². The number of hydrogen-bond acceptors (Lipinski definition) is 2. The summed E-state index contributed by atoms with van der Waals surface area (Å²) in [6.07, 6.45) is 5.69. The highest BCUT2D eigenvalue weighted by atomic mass is 15.0. The van der Waals surface area contributed by atoms with Gasteiger partial charge in [-0.2, -0.15) is 0 Å². The van der Waals surface area contributed by atoms with E-state index in [9.17, 15) is 0 Å². The highest BCUT2D eigenvalue weighted by Crippen LogP contribution is 2.36. The molecule has 6 aromatic rings. The van der Waals surface area contributed by atoms with Gasteiger partial charge in [0.1, 0.15) is 5.65 Å². The van der Waals surface area contributed by atoms with E-state index in [1.165, 1.54) is 10.8 Å². The van der Waals surface area contributed by atoms with Crippen molar-refractivity contribution in [3.05, 3.63) is 67.1 Å². The fourth-order valence-corrected chi connectivity index (χ4v) is 3.83. The minimum atomic E-state index is 0.964. The average molecular weight is 308 g/mol. The summed E-state index contributed by atoms with van der Waals surface area (Å²) in [6, 6.07) is 16.8. The Balaban J connectivity index is 2.03. The second-order valence-electron chi connectivity index (χ2n) is 6.07. The second kappa shape index (κ2) is 4.11. The molecule has 0 spiro atoms. The number of imidazole rings is 1. The summed E-state index contributed by atoms with van der Waals surface area (Å²) in [6.45, 7) is 0. The Labute approximate surface area is 136 Å². The van der Waals surface area contributed by atoms with Gasteiger partial charge in [-0.15, -0.1) is 0 Å². The zero-order valence-electron chi connectivity index (χ0n) is 12.7. The molecule has 2 aromatic carbocycles. The first-order valence-corrected chi connectivity index (χ1v) is 7.95. The quantitative estimate of drug-likeness (QED) is 0.414. The lowest BCUT2D eigenvalue weighted by Gasteiger charge is -2.08. The van der Waals surface area contributed by atoms with Crippen molar-refractivity contribution in [3.8, 4) is 0 Å². The topological polar surface area (TPSA) is 46.0 Å². The summed E-state index contributed by atoms with van der Waals surface area (Å²) in [7, 11) is 0. The van der Waals surface area contributed by atoms with Crippen molar-refractivity contribution in [2.45, 2.75) is 0 Å². The van der Waals surface area contributed by atoms with E-state index in [0.29, 0.717) is 0 Å². The Morgan fingerprint density at radius 1 is 0.792 bits per heavy atom. The average Bonchev–Trinajstić information content (AvgIpc) is 3.26. The van der Waals surface area contributed by atoms with E-state index in [2.05, 4.69) is 56.8 Å². The number of nitrogens with one attached hydrogen (secondary N) is 1. The van der Waals surface area contributed by atoms with Crippen molar-refractivity contribution in [2.75, 3.05) is 0 Å². The van der Waals surface area contributed by atoms with Gasteiger partial charge in [-0.25, -0.2) is 4.98 Å². The third kappa shape index (κ3) is 1.34. The van der Waals surface area contributed by atoms with Gasteiger partial charge in [0.2, 0.25) is 0 Å². The van der Waals surface area contributed by atoms with Crippen molar-refractivity contribution in [1.29, 1.82) is 0 Å². The van der Waals surface area contributed by atoms with Gasteiger partial charge in [-0.3, -0.25) is 9.38 Å². The number of aromatic nitrogens is 4. The first-order valence-electron chi connectivity index (χ1n) is 7.95. The summed E-state index contributed by atoms with van der Waals surface area (Å²) >= 11 is 0. The van der Waals surface area contributed by atoms with Gasteiger partial charge < -0.3 is 4.98 Å². The van der Waals surface area contributed by atoms with Crippen molar-refractivity contribution in [1.82, 2.24) is 19.4 Å². The van der Waals surface area contributed by atoms with Crippen LogP contribution in [-0.4, -0.2) is 19.4 Å². The zero-order chi connectivity index (χ0) is 15.7. The fourth-order valence-electron chi connectivity index (χ4n) is 3.83. The molecule has 1 N–H and O–H groups in total. The predicted molar refractivity (Wildman–Crippen MR) is 97.4 cm³/mol. The largest absolute Gasteiger partial charge is 0.354 e. The van der Waals surface area contributed by atoms with Gasteiger partial charge in [-0.1, -0.05) is 24.3 Å². The molecule has 24 heavy (non-hydrogen) atoms. The molecule has 0 saturated heterocycles. The molecule has 4 nitrogen and oxygen atoms in total. The third-order valence-corrected chi connectivity index (χ3v) is 4.85. The highest BCUT2D eigenvalue weighted by molar-refractivity contribution is 6.25. The number of hydrogen-bond donors (Lipinski definition) is 1. The number of fused-ring (bicyclic) bond motifs is 10. The van der Waals surface area contributed by atoms with E-state index >= 15 is 0 Å². The molecular formula is C20H12N4. The lowest BCUT2D eigenvalue weighted by molar-refractivity contribution is 1.25. The molecule has 6 rings (SSSR count). The monoisotopic (exact) mass is 308 g/mol. The van der Waals surface area contributed by atoms with Crippen LogP contribution in [-0.2, 0) is 0 Å². The van der Waals surface area contributed by atoms with Gasteiger partial charge >= 0.3 is 0 Å². The maximum atomic E-state index is 4.69. The van der Waals surface area contributed by atoms with Crippen LogP contribution in [0.3, 0.4) is 0 Å². The van der Waals surface area contributed by atoms with Crippen molar-refractivity contribution >= 4 is 49.3 Å². The molecule has 4 heterocycles. The number of aromatic amines is 1. The van der Waals surface area contributed by atoms with Crippen LogP contribution in [0.5, 0.6) is 0 Å². The number of rotatable bonds is 0. The minimum Gasteiger partial charge on any atom is -0.354 e. The van der Waals surface area contributed by atoms with E-state index in [4.69, 9.17) is 4.98 Å². The van der Waals surface area contributed by atoms with Gasteiger partial charge in [0, 0.05) is 45.7 Å². The van der Waals surface area contributed by atoms with E-state index in [-0.39, 0.29) is 0 Å². The van der Waals surface area contributed by atoms with Crippen LogP contribution in [0.1, 0.15) is 0 Å². The van der Waals surface area contributed by atoms with Gasteiger partial charge in [0.15, 0.2) is 0 Å². The smallest absolute Gasteiger partial charge is 0.145 e. The van der Waals surface area contributed by atoms with E-state index in [1.807, 2.05) is 24.7 Å². The molecule has 0 radical (unpaired) electrons. The minimum absolute atomic E-state index is 0.964. The molecular weight excluding hydrogens is 296 g/mol. The lowest BCUT2D eigenvalue weighted by Crippen LogP contribution is -1.92. The van der Waals surface area contributed by atoms with Gasteiger partial charge in [-0.05, 0) is 24.3 Å². The predicted octanol–water partition coefficient (Wildman–Crippen LogP) is 4.67. The summed E-state index contributed by atoms with van der Waals surface area (Å²) in [5.41, 5.74) is 5.31. The van der Waals surface area contributed by atoms with E-state index < -0.39 is 0 Å². The zero-order valence-corrected chi connectivity index (χ0v) is 12.7. The Kier molecular flexibility index (Phi) is 2.07. The molecule has 0 aliphatic heterocycles. The summed E-state index contributed by atoms with van der Waals surface area (Å²) in [4.78, 5) is 12.9. The molecule has 112 valence electrons. The Hall–Kier alpha value is -3.40.